The molecule has 3 aromatic rings. The van der Waals surface area contributed by atoms with Crippen LogP contribution in [0.1, 0.15) is 9.67 Å². The molecule has 3 heterocycles. The first kappa shape index (κ1) is 14.2. The molecule has 0 aliphatic heterocycles. The van der Waals surface area contributed by atoms with E-state index in [1.54, 1.807) is 24.4 Å². The summed E-state index contributed by atoms with van der Waals surface area (Å²) in [5, 5.41) is 10.1. The largest absolute Gasteiger partial charge is 0.477 e. The molecule has 0 aromatic carbocycles. The molecule has 0 saturated heterocycles. The summed E-state index contributed by atoms with van der Waals surface area (Å²) < 4.78 is 23.4. The molecule has 3 rings (SSSR count). The van der Waals surface area contributed by atoms with Crippen LogP contribution in [0.25, 0.3) is 20.7 Å². The Bertz CT molecular complexity index is 953. The number of carboxylic acid groups (broad SMARTS) is 1. The molecule has 3 aromatic heterocycles. The molecule has 0 fully saturated rings. The van der Waals surface area contributed by atoms with Crippen LogP contribution in [0.5, 0.6) is 0 Å². The fraction of sp³-hybridized carbons (Fsp3) is 0.0769. The van der Waals surface area contributed by atoms with Gasteiger partial charge in [0.05, 0.1) is 0 Å². The second kappa shape index (κ2) is 4.90. The van der Waals surface area contributed by atoms with Gasteiger partial charge in [-0.2, -0.15) is 0 Å². The van der Waals surface area contributed by atoms with Gasteiger partial charge < -0.3 is 5.11 Å². The van der Waals surface area contributed by atoms with Gasteiger partial charge in [0.15, 0.2) is 9.84 Å². The summed E-state index contributed by atoms with van der Waals surface area (Å²) in [6.07, 6.45) is 2.73. The van der Waals surface area contributed by atoms with E-state index in [-0.39, 0.29) is 9.09 Å². The Morgan fingerprint density at radius 1 is 1.24 bits per heavy atom. The lowest BCUT2D eigenvalue weighted by atomic mass is 10.1. The van der Waals surface area contributed by atoms with Crippen molar-refractivity contribution in [1.29, 1.82) is 0 Å². The Balaban J connectivity index is 2.31. The maximum atomic E-state index is 11.6. The number of fused-ring (bicyclic) bond motifs is 1. The molecule has 0 radical (unpaired) electrons. The zero-order valence-electron chi connectivity index (χ0n) is 10.7. The van der Waals surface area contributed by atoms with Crippen molar-refractivity contribution < 1.29 is 18.3 Å². The number of nitrogens with zero attached hydrogens (tertiary/aromatic N) is 1. The average Bonchev–Trinajstić information content (AvgIpc) is 3.01. The SMILES string of the molecule is CS(=O)(=O)c1ccc(-c2c(C(=O)O)sc3ncccc23)s1. The Hall–Kier alpha value is -1.77. The third kappa shape index (κ3) is 2.45. The second-order valence-corrected chi connectivity index (χ2v) is 8.68. The molecular formula is C13H9NO4S3. The highest BCUT2D eigenvalue weighted by atomic mass is 32.2. The van der Waals surface area contributed by atoms with Crippen LogP contribution in [0.15, 0.2) is 34.7 Å². The Morgan fingerprint density at radius 2 is 2.00 bits per heavy atom. The van der Waals surface area contributed by atoms with Gasteiger partial charge in [-0.05, 0) is 24.3 Å². The van der Waals surface area contributed by atoms with Crippen molar-refractivity contribution in [3.63, 3.8) is 0 Å². The van der Waals surface area contributed by atoms with Crippen molar-refractivity contribution in [2.75, 3.05) is 6.26 Å². The minimum Gasteiger partial charge on any atom is -0.477 e. The predicted molar refractivity (Wildman–Crippen MR) is 83.0 cm³/mol. The third-order valence-electron chi connectivity index (χ3n) is 2.85. The van der Waals surface area contributed by atoms with Gasteiger partial charge in [0.2, 0.25) is 0 Å². The number of thiophene rings is 2. The highest BCUT2D eigenvalue weighted by Crippen LogP contribution is 2.41. The highest BCUT2D eigenvalue weighted by molar-refractivity contribution is 7.92. The zero-order chi connectivity index (χ0) is 15.2. The number of hydrogen-bond donors (Lipinski definition) is 1. The van der Waals surface area contributed by atoms with Gasteiger partial charge in [0, 0.05) is 28.3 Å². The molecule has 21 heavy (non-hydrogen) atoms. The maximum Gasteiger partial charge on any atom is 0.346 e. The van der Waals surface area contributed by atoms with Crippen LogP contribution < -0.4 is 0 Å². The molecule has 8 heteroatoms. The first-order valence-electron chi connectivity index (χ1n) is 5.79. The van der Waals surface area contributed by atoms with Crippen LogP contribution in [0.4, 0.5) is 0 Å². The molecule has 0 spiro atoms. The third-order valence-corrected chi connectivity index (χ3v) is 6.88. The number of carbonyl (C=O) groups is 1. The van der Waals surface area contributed by atoms with E-state index in [1.165, 1.54) is 6.07 Å². The molecule has 0 amide bonds. The van der Waals surface area contributed by atoms with Crippen LogP contribution in [-0.4, -0.2) is 30.7 Å². The number of pyridine rings is 1. The van der Waals surface area contributed by atoms with Crippen LogP contribution in [-0.2, 0) is 9.84 Å². The molecule has 108 valence electrons. The van der Waals surface area contributed by atoms with Crippen molar-refractivity contribution in [3.05, 3.63) is 35.3 Å². The first-order chi connectivity index (χ1) is 9.88. The van der Waals surface area contributed by atoms with E-state index in [0.717, 1.165) is 34.3 Å². The molecule has 5 nitrogen and oxygen atoms in total. The topological polar surface area (TPSA) is 84.3 Å². The number of sulfone groups is 1. The van der Waals surface area contributed by atoms with Crippen LogP contribution in [0.2, 0.25) is 0 Å². The van der Waals surface area contributed by atoms with E-state index in [9.17, 15) is 18.3 Å². The molecule has 1 N–H and O–H groups in total. The van der Waals surface area contributed by atoms with Crippen LogP contribution in [0, 0.1) is 0 Å². The van der Waals surface area contributed by atoms with Crippen LogP contribution >= 0.6 is 22.7 Å². The van der Waals surface area contributed by atoms with E-state index in [1.807, 2.05) is 0 Å². The quantitative estimate of drug-likeness (QED) is 0.792. The highest BCUT2D eigenvalue weighted by Gasteiger charge is 2.22. The number of rotatable bonds is 3. The van der Waals surface area contributed by atoms with Crippen molar-refractivity contribution in [1.82, 2.24) is 4.98 Å². The number of aromatic carboxylic acids is 1. The second-order valence-electron chi connectivity index (χ2n) is 4.36. The lowest BCUT2D eigenvalue weighted by Gasteiger charge is -1.98. The molecular weight excluding hydrogens is 330 g/mol. The van der Waals surface area contributed by atoms with Gasteiger partial charge >= 0.3 is 5.97 Å². The standard InChI is InChI=1S/C13H9NO4S3/c1-21(17,18)9-5-4-8(19-9)10-7-3-2-6-14-12(7)20-11(10)13(15)16/h2-6H,1H3,(H,15,16). The Labute approximate surface area is 128 Å². The van der Waals surface area contributed by atoms with Crippen LogP contribution in [0.3, 0.4) is 0 Å². The summed E-state index contributed by atoms with van der Waals surface area (Å²) in [6, 6.07) is 6.67. The van der Waals surface area contributed by atoms with E-state index in [2.05, 4.69) is 4.98 Å². The van der Waals surface area contributed by atoms with Crippen molar-refractivity contribution in [2.24, 2.45) is 0 Å². The minimum absolute atomic E-state index is 0.172. The van der Waals surface area contributed by atoms with Crippen molar-refractivity contribution >= 4 is 48.7 Å². The van der Waals surface area contributed by atoms with E-state index < -0.39 is 15.8 Å². The summed E-state index contributed by atoms with van der Waals surface area (Å²) in [5.74, 6) is -1.04. The van der Waals surface area contributed by atoms with E-state index >= 15 is 0 Å². The smallest absolute Gasteiger partial charge is 0.346 e. The summed E-state index contributed by atoms with van der Waals surface area (Å²) in [6.45, 7) is 0. The Kier molecular flexibility index (Phi) is 3.31. The molecule has 0 aliphatic carbocycles. The van der Waals surface area contributed by atoms with Gasteiger partial charge in [-0.1, -0.05) is 0 Å². The van der Waals surface area contributed by atoms with Crippen molar-refractivity contribution in [3.8, 4) is 10.4 Å². The van der Waals surface area contributed by atoms with E-state index in [4.69, 9.17) is 0 Å². The van der Waals surface area contributed by atoms with Gasteiger partial charge in [0.25, 0.3) is 0 Å². The summed E-state index contributed by atoms with van der Waals surface area (Å²) >= 11 is 2.16. The molecule has 0 atom stereocenters. The maximum absolute atomic E-state index is 11.6. The van der Waals surface area contributed by atoms with E-state index in [0.29, 0.717) is 15.3 Å². The summed E-state index contributed by atoms with van der Waals surface area (Å²) in [4.78, 5) is 17.0. The fourth-order valence-corrected chi connectivity index (χ4v) is 5.04. The average molecular weight is 339 g/mol. The lowest BCUT2D eigenvalue weighted by molar-refractivity contribution is 0.0703. The van der Waals surface area contributed by atoms with Crippen molar-refractivity contribution in [2.45, 2.75) is 4.21 Å². The predicted octanol–water partition coefficient (Wildman–Crippen LogP) is 3.13. The lowest BCUT2D eigenvalue weighted by Crippen LogP contribution is -1.94. The number of hydrogen-bond acceptors (Lipinski definition) is 6. The molecule has 0 aliphatic rings. The normalized spacial score (nSPS) is 11.9. The summed E-state index contributed by atoms with van der Waals surface area (Å²) in [7, 11) is -3.30. The Morgan fingerprint density at radius 3 is 2.62 bits per heavy atom. The molecule has 0 unspecified atom stereocenters. The number of carboxylic acids is 1. The zero-order valence-corrected chi connectivity index (χ0v) is 13.2. The van der Waals surface area contributed by atoms with Gasteiger partial charge in [-0.25, -0.2) is 18.2 Å². The monoisotopic (exact) mass is 339 g/mol. The first-order valence-corrected chi connectivity index (χ1v) is 9.31. The fourth-order valence-electron chi connectivity index (χ4n) is 1.98. The summed E-state index contributed by atoms with van der Waals surface area (Å²) in [5.41, 5.74) is 0.538. The molecule has 0 saturated carbocycles. The minimum atomic E-state index is -3.30. The van der Waals surface area contributed by atoms with Gasteiger partial charge in [-0.15, -0.1) is 22.7 Å². The number of aromatic nitrogens is 1. The van der Waals surface area contributed by atoms with Gasteiger partial charge in [-0.3, -0.25) is 0 Å². The molecule has 0 bridgehead atoms. The van der Waals surface area contributed by atoms with Gasteiger partial charge in [0.1, 0.15) is 13.9 Å².